The predicted molar refractivity (Wildman–Crippen MR) is 83.5 cm³/mol. The van der Waals surface area contributed by atoms with Crippen LogP contribution in [0.15, 0.2) is 30.3 Å². The molecule has 1 aliphatic heterocycles. The first-order valence-electron chi connectivity index (χ1n) is 7.87. The number of methoxy groups -OCH3 is 1. The maximum atomic E-state index is 12.4. The van der Waals surface area contributed by atoms with Crippen molar-refractivity contribution in [3.8, 4) is 0 Å². The standard InChI is InChI=1S/C17H22N2O3/c1-22-15-9-5-8-14(15)18-17(21)12-10-16(20)19(11-12)13-6-3-2-4-7-13/h2-4,6-7,12,14-15H,5,8-11H2,1H3,(H,18,21)/t12-,14+,15+/m0/s1. The van der Waals surface area contributed by atoms with E-state index in [9.17, 15) is 9.59 Å². The predicted octanol–water partition coefficient (Wildman–Crippen LogP) is 1.72. The van der Waals surface area contributed by atoms with Gasteiger partial charge < -0.3 is 15.0 Å². The third kappa shape index (κ3) is 2.99. The van der Waals surface area contributed by atoms with Crippen molar-refractivity contribution < 1.29 is 14.3 Å². The Labute approximate surface area is 130 Å². The molecule has 3 atom stereocenters. The molecule has 1 N–H and O–H groups in total. The van der Waals surface area contributed by atoms with Gasteiger partial charge in [-0.2, -0.15) is 0 Å². The second kappa shape index (κ2) is 6.48. The highest BCUT2D eigenvalue weighted by atomic mass is 16.5. The number of carbonyl (C=O) groups excluding carboxylic acids is 2. The lowest BCUT2D eigenvalue weighted by Crippen LogP contribution is -2.44. The molecule has 0 aromatic heterocycles. The Morgan fingerprint density at radius 3 is 2.77 bits per heavy atom. The molecule has 1 aromatic rings. The van der Waals surface area contributed by atoms with Crippen LogP contribution < -0.4 is 10.2 Å². The molecule has 0 unspecified atom stereocenters. The third-order valence-corrected chi connectivity index (χ3v) is 4.65. The molecule has 0 bridgehead atoms. The summed E-state index contributed by atoms with van der Waals surface area (Å²) < 4.78 is 5.41. The number of para-hydroxylation sites is 1. The van der Waals surface area contributed by atoms with Crippen LogP contribution in [0.5, 0.6) is 0 Å². The van der Waals surface area contributed by atoms with E-state index >= 15 is 0 Å². The van der Waals surface area contributed by atoms with Crippen LogP contribution in [0.1, 0.15) is 25.7 Å². The van der Waals surface area contributed by atoms with Gasteiger partial charge in [0.15, 0.2) is 0 Å². The molecule has 0 radical (unpaired) electrons. The molecule has 5 heteroatoms. The van der Waals surface area contributed by atoms with E-state index in [1.54, 1.807) is 12.0 Å². The zero-order valence-corrected chi connectivity index (χ0v) is 12.8. The first kappa shape index (κ1) is 15.0. The van der Waals surface area contributed by atoms with E-state index in [0.29, 0.717) is 6.54 Å². The molecule has 5 nitrogen and oxygen atoms in total. The summed E-state index contributed by atoms with van der Waals surface area (Å²) in [7, 11) is 1.69. The fraction of sp³-hybridized carbons (Fsp3) is 0.529. The molecule has 2 fully saturated rings. The number of hydrogen-bond donors (Lipinski definition) is 1. The number of benzene rings is 1. The van der Waals surface area contributed by atoms with E-state index in [2.05, 4.69) is 5.32 Å². The van der Waals surface area contributed by atoms with Crippen LogP contribution in [0.25, 0.3) is 0 Å². The van der Waals surface area contributed by atoms with Crippen molar-refractivity contribution in [1.82, 2.24) is 5.32 Å². The molecule has 118 valence electrons. The van der Waals surface area contributed by atoms with Crippen LogP contribution in [0.3, 0.4) is 0 Å². The fourth-order valence-corrected chi connectivity index (χ4v) is 3.41. The van der Waals surface area contributed by atoms with Gasteiger partial charge in [-0.3, -0.25) is 9.59 Å². The molecule has 3 rings (SSSR count). The monoisotopic (exact) mass is 302 g/mol. The molecular formula is C17H22N2O3. The van der Waals surface area contributed by atoms with Gasteiger partial charge in [0.25, 0.3) is 0 Å². The van der Waals surface area contributed by atoms with Crippen molar-refractivity contribution in [3.63, 3.8) is 0 Å². The quantitative estimate of drug-likeness (QED) is 0.921. The first-order valence-corrected chi connectivity index (χ1v) is 7.87. The third-order valence-electron chi connectivity index (χ3n) is 4.65. The van der Waals surface area contributed by atoms with Crippen molar-refractivity contribution in [2.75, 3.05) is 18.6 Å². The molecule has 22 heavy (non-hydrogen) atoms. The van der Waals surface area contributed by atoms with Crippen molar-refractivity contribution in [3.05, 3.63) is 30.3 Å². The summed E-state index contributed by atoms with van der Waals surface area (Å²) in [5.41, 5.74) is 0.860. The summed E-state index contributed by atoms with van der Waals surface area (Å²) in [6.45, 7) is 0.457. The van der Waals surface area contributed by atoms with Gasteiger partial charge in [-0.1, -0.05) is 18.2 Å². The van der Waals surface area contributed by atoms with Crippen LogP contribution in [0.2, 0.25) is 0 Å². The van der Waals surface area contributed by atoms with Gasteiger partial charge in [0.05, 0.1) is 18.1 Å². The Morgan fingerprint density at radius 1 is 1.27 bits per heavy atom. The molecule has 1 saturated carbocycles. The fourth-order valence-electron chi connectivity index (χ4n) is 3.41. The van der Waals surface area contributed by atoms with Crippen LogP contribution in [0.4, 0.5) is 5.69 Å². The van der Waals surface area contributed by atoms with E-state index in [0.717, 1.165) is 24.9 Å². The van der Waals surface area contributed by atoms with Gasteiger partial charge in [-0.05, 0) is 31.4 Å². The van der Waals surface area contributed by atoms with Gasteiger partial charge in [-0.15, -0.1) is 0 Å². The Balaban J connectivity index is 1.62. The minimum Gasteiger partial charge on any atom is -0.379 e. The van der Waals surface area contributed by atoms with Crippen LogP contribution in [-0.4, -0.2) is 37.6 Å². The van der Waals surface area contributed by atoms with E-state index in [1.807, 2.05) is 30.3 Å². The van der Waals surface area contributed by atoms with Crippen molar-refractivity contribution in [1.29, 1.82) is 0 Å². The topological polar surface area (TPSA) is 58.6 Å². The molecule has 2 aliphatic rings. The number of nitrogens with one attached hydrogen (secondary N) is 1. The maximum absolute atomic E-state index is 12.4. The lowest BCUT2D eigenvalue weighted by atomic mass is 10.1. The Bertz CT molecular complexity index is 546. The lowest BCUT2D eigenvalue weighted by Gasteiger charge is -2.21. The van der Waals surface area contributed by atoms with E-state index < -0.39 is 0 Å². The zero-order valence-electron chi connectivity index (χ0n) is 12.8. The normalized spacial score (nSPS) is 28.1. The van der Waals surface area contributed by atoms with Crippen molar-refractivity contribution >= 4 is 17.5 Å². The minimum atomic E-state index is -0.272. The van der Waals surface area contributed by atoms with E-state index in [-0.39, 0.29) is 36.3 Å². The number of nitrogens with zero attached hydrogens (tertiary/aromatic N) is 1. The van der Waals surface area contributed by atoms with Gasteiger partial charge in [0.1, 0.15) is 0 Å². The largest absolute Gasteiger partial charge is 0.379 e. The van der Waals surface area contributed by atoms with Gasteiger partial charge in [0.2, 0.25) is 11.8 Å². The second-order valence-corrected chi connectivity index (χ2v) is 6.06. The average molecular weight is 302 g/mol. The minimum absolute atomic E-state index is 0.0149. The number of carbonyl (C=O) groups is 2. The smallest absolute Gasteiger partial charge is 0.227 e. The highest BCUT2D eigenvalue weighted by Crippen LogP contribution is 2.26. The Hall–Kier alpha value is -1.88. The van der Waals surface area contributed by atoms with Gasteiger partial charge >= 0.3 is 0 Å². The van der Waals surface area contributed by atoms with E-state index in [4.69, 9.17) is 4.74 Å². The maximum Gasteiger partial charge on any atom is 0.227 e. The first-order chi connectivity index (χ1) is 10.7. The Kier molecular flexibility index (Phi) is 4.43. The highest BCUT2D eigenvalue weighted by molar-refractivity contribution is 6.00. The average Bonchev–Trinajstić information content (AvgIpc) is 3.14. The summed E-state index contributed by atoms with van der Waals surface area (Å²) in [5, 5.41) is 3.07. The highest BCUT2D eigenvalue weighted by Gasteiger charge is 2.37. The van der Waals surface area contributed by atoms with Gasteiger partial charge in [-0.25, -0.2) is 0 Å². The summed E-state index contributed by atoms with van der Waals surface area (Å²) in [6, 6.07) is 9.60. The van der Waals surface area contributed by atoms with Crippen molar-refractivity contribution in [2.24, 2.45) is 5.92 Å². The van der Waals surface area contributed by atoms with Gasteiger partial charge in [0, 0.05) is 25.8 Å². The molecule has 1 aromatic carbocycles. The molecule has 1 saturated heterocycles. The molecule has 1 heterocycles. The number of ether oxygens (including phenoxy) is 1. The number of rotatable bonds is 4. The SMILES string of the molecule is CO[C@@H]1CCC[C@H]1NC(=O)[C@H]1CC(=O)N(c2ccccc2)C1. The molecular weight excluding hydrogens is 280 g/mol. The zero-order chi connectivity index (χ0) is 15.5. The van der Waals surface area contributed by atoms with Crippen LogP contribution in [-0.2, 0) is 14.3 Å². The summed E-state index contributed by atoms with van der Waals surface area (Å²) >= 11 is 0. The summed E-state index contributed by atoms with van der Waals surface area (Å²) in [6.07, 6.45) is 3.40. The van der Waals surface area contributed by atoms with E-state index in [1.165, 1.54) is 0 Å². The molecule has 2 amide bonds. The summed E-state index contributed by atoms with van der Waals surface area (Å²) in [4.78, 5) is 26.3. The number of amides is 2. The number of anilines is 1. The Morgan fingerprint density at radius 2 is 2.05 bits per heavy atom. The lowest BCUT2D eigenvalue weighted by molar-refractivity contribution is -0.127. The van der Waals surface area contributed by atoms with Crippen LogP contribution in [0, 0.1) is 5.92 Å². The van der Waals surface area contributed by atoms with Crippen molar-refractivity contribution in [2.45, 2.75) is 37.8 Å². The molecule has 1 aliphatic carbocycles. The number of hydrogen-bond acceptors (Lipinski definition) is 3. The second-order valence-electron chi connectivity index (χ2n) is 6.06. The summed E-state index contributed by atoms with van der Waals surface area (Å²) in [5.74, 6) is -0.285. The van der Waals surface area contributed by atoms with Crippen LogP contribution >= 0.6 is 0 Å². The molecule has 0 spiro atoms.